The number of anilines is 1. The fraction of sp³-hybridized carbons (Fsp3) is 0.348. The summed E-state index contributed by atoms with van der Waals surface area (Å²) in [4.78, 5) is 31.8. The number of carbonyl (C=O) groups is 1. The van der Waals surface area contributed by atoms with Crippen molar-refractivity contribution in [2.24, 2.45) is 0 Å². The molecule has 1 aliphatic carbocycles. The smallest absolute Gasteiger partial charge is 0.270 e. The number of aliphatic hydroxyl groups is 1. The maximum atomic E-state index is 13.3. The maximum Gasteiger partial charge on any atom is 0.270 e. The molecule has 1 saturated carbocycles. The van der Waals surface area contributed by atoms with E-state index in [9.17, 15) is 9.90 Å². The highest BCUT2D eigenvalue weighted by Gasteiger charge is 2.24. The van der Waals surface area contributed by atoms with Gasteiger partial charge in [0.25, 0.3) is 5.91 Å². The second-order valence-electron chi connectivity index (χ2n) is 8.31. The fourth-order valence-corrected chi connectivity index (χ4v) is 5.12. The van der Waals surface area contributed by atoms with Gasteiger partial charge in [0.2, 0.25) is 0 Å². The summed E-state index contributed by atoms with van der Waals surface area (Å²) in [7, 11) is 0. The molecule has 0 saturated heterocycles. The average molecular weight is 483 g/mol. The molecule has 1 aromatic carbocycles. The van der Waals surface area contributed by atoms with Crippen molar-refractivity contribution in [3.8, 4) is 0 Å². The average Bonchev–Trinajstić information content (AvgIpc) is 3.30. The Morgan fingerprint density at radius 3 is 2.85 bits per heavy atom. The third kappa shape index (κ3) is 4.48. The number of nitrogens with zero attached hydrogens (tertiary/aromatic N) is 4. The Balaban J connectivity index is 1.48. The van der Waals surface area contributed by atoms with E-state index in [-0.39, 0.29) is 24.1 Å². The SMILES string of the molecule is C[C@H](Nc1ncnc2scnc12)c1cc2cccc(Cl)c2c(C(=O)NC2CCC(O)CC2)n1. The van der Waals surface area contributed by atoms with Gasteiger partial charge in [-0.2, -0.15) is 0 Å². The molecule has 1 amide bonds. The lowest BCUT2D eigenvalue weighted by atomic mass is 9.93. The predicted octanol–water partition coefficient (Wildman–Crippen LogP) is 4.49. The lowest BCUT2D eigenvalue weighted by molar-refractivity contribution is 0.0864. The van der Waals surface area contributed by atoms with Gasteiger partial charge in [0.15, 0.2) is 5.82 Å². The summed E-state index contributed by atoms with van der Waals surface area (Å²) >= 11 is 7.94. The Morgan fingerprint density at radius 1 is 1.21 bits per heavy atom. The van der Waals surface area contributed by atoms with Crippen LogP contribution in [0.4, 0.5) is 5.82 Å². The summed E-state index contributed by atoms with van der Waals surface area (Å²) in [5.41, 5.74) is 3.43. The minimum Gasteiger partial charge on any atom is -0.393 e. The molecule has 170 valence electrons. The summed E-state index contributed by atoms with van der Waals surface area (Å²) in [5, 5.41) is 18.2. The van der Waals surface area contributed by atoms with Crippen molar-refractivity contribution in [1.29, 1.82) is 0 Å². The van der Waals surface area contributed by atoms with Crippen LogP contribution in [0, 0.1) is 0 Å². The van der Waals surface area contributed by atoms with Crippen LogP contribution in [0.3, 0.4) is 0 Å². The molecule has 3 heterocycles. The third-order valence-electron chi connectivity index (χ3n) is 6.01. The molecule has 1 fully saturated rings. The monoisotopic (exact) mass is 482 g/mol. The number of benzene rings is 1. The van der Waals surface area contributed by atoms with Crippen molar-refractivity contribution >= 4 is 55.8 Å². The molecule has 10 heteroatoms. The molecular formula is C23H23ClN6O2S. The van der Waals surface area contributed by atoms with Crippen LogP contribution >= 0.6 is 22.9 Å². The Kier molecular flexibility index (Phi) is 6.09. The summed E-state index contributed by atoms with van der Waals surface area (Å²) in [6, 6.07) is 7.26. The Labute approximate surface area is 199 Å². The zero-order chi connectivity index (χ0) is 22.9. The van der Waals surface area contributed by atoms with E-state index in [0.717, 1.165) is 23.1 Å². The second-order valence-corrected chi connectivity index (χ2v) is 9.55. The van der Waals surface area contributed by atoms with E-state index in [4.69, 9.17) is 16.6 Å². The van der Waals surface area contributed by atoms with Crippen LogP contribution in [-0.2, 0) is 0 Å². The molecule has 8 nitrogen and oxygen atoms in total. The number of hydrogen-bond acceptors (Lipinski definition) is 8. The van der Waals surface area contributed by atoms with Gasteiger partial charge >= 0.3 is 0 Å². The molecule has 3 N–H and O–H groups in total. The van der Waals surface area contributed by atoms with Gasteiger partial charge in [-0.25, -0.2) is 19.9 Å². The van der Waals surface area contributed by atoms with Gasteiger partial charge in [-0.05, 0) is 50.1 Å². The van der Waals surface area contributed by atoms with Crippen LogP contribution in [0.25, 0.3) is 21.1 Å². The van der Waals surface area contributed by atoms with E-state index in [2.05, 4.69) is 25.6 Å². The highest BCUT2D eigenvalue weighted by atomic mass is 35.5. The lowest BCUT2D eigenvalue weighted by Gasteiger charge is -2.26. The number of pyridine rings is 1. The first kappa shape index (κ1) is 21.9. The van der Waals surface area contributed by atoms with Gasteiger partial charge in [0, 0.05) is 11.4 Å². The minimum absolute atomic E-state index is 0.0124. The summed E-state index contributed by atoms with van der Waals surface area (Å²) in [6.07, 6.45) is 4.08. The van der Waals surface area contributed by atoms with Gasteiger partial charge in [-0.15, -0.1) is 11.3 Å². The third-order valence-corrected chi connectivity index (χ3v) is 7.05. The van der Waals surface area contributed by atoms with Crippen molar-refractivity contribution in [1.82, 2.24) is 25.3 Å². The lowest BCUT2D eigenvalue weighted by Crippen LogP contribution is -2.39. The van der Waals surface area contributed by atoms with E-state index < -0.39 is 0 Å². The summed E-state index contributed by atoms with van der Waals surface area (Å²) < 4.78 is 0. The number of thiazole rings is 1. The van der Waals surface area contributed by atoms with E-state index in [1.165, 1.54) is 17.7 Å². The number of carbonyl (C=O) groups excluding carboxylic acids is 1. The van der Waals surface area contributed by atoms with Gasteiger partial charge in [-0.3, -0.25) is 4.79 Å². The maximum absolute atomic E-state index is 13.3. The zero-order valence-corrected chi connectivity index (χ0v) is 19.5. The van der Waals surface area contributed by atoms with E-state index >= 15 is 0 Å². The largest absolute Gasteiger partial charge is 0.393 e. The number of amides is 1. The normalized spacial score (nSPS) is 19.5. The minimum atomic E-state index is -0.284. The van der Waals surface area contributed by atoms with Gasteiger partial charge in [-0.1, -0.05) is 23.7 Å². The van der Waals surface area contributed by atoms with E-state index in [1.807, 2.05) is 25.1 Å². The molecule has 0 aliphatic heterocycles. The molecule has 0 spiro atoms. The number of halogens is 1. The topological polar surface area (TPSA) is 113 Å². The Hall–Kier alpha value is -2.88. The van der Waals surface area contributed by atoms with Crippen molar-refractivity contribution in [3.63, 3.8) is 0 Å². The zero-order valence-electron chi connectivity index (χ0n) is 18.0. The standard InChI is InChI=1S/C23H23ClN6O2S/c1-12(28-21-20-23(26-10-25-21)33-11-27-20)17-9-13-3-2-4-16(24)18(13)19(30-17)22(32)29-14-5-7-15(31)8-6-14/h2-4,9-12,14-15,31H,5-8H2,1H3,(H,29,32)(H,25,26,28)/t12-,14?,15?/m0/s1. The molecule has 1 aliphatic rings. The quantitative estimate of drug-likeness (QED) is 0.384. The molecule has 4 aromatic rings. The van der Waals surface area contributed by atoms with Crippen LogP contribution in [0.2, 0.25) is 5.02 Å². The number of fused-ring (bicyclic) bond motifs is 2. The number of rotatable bonds is 5. The van der Waals surface area contributed by atoms with Crippen LogP contribution in [0.15, 0.2) is 36.1 Å². The summed E-state index contributed by atoms with van der Waals surface area (Å²) in [5.74, 6) is 0.362. The fourth-order valence-electron chi connectivity index (χ4n) is 4.23. The summed E-state index contributed by atoms with van der Waals surface area (Å²) in [6.45, 7) is 1.96. The molecule has 1 atom stereocenters. The van der Waals surface area contributed by atoms with E-state index in [0.29, 0.717) is 46.0 Å². The number of hydrogen-bond donors (Lipinski definition) is 3. The highest BCUT2D eigenvalue weighted by molar-refractivity contribution is 7.16. The number of aliphatic hydroxyl groups excluding tert-OH is 1. The van der Waals surface area contributed by atoms with Gasteiger partial charge in [0.05, 0.1) is 28.4 Å². The second kappa shape index (κ2) is 9.17. The molecule has 0 bridgehead atoms. The van der Waals surface area contributed by atoms with Crippen LogP contribution in [0.1, 0.15) is 54.8 Å². The van der Waals surface area contributed by atoms with Crippen molar-refractivity contribution in [2.45, 2.75) is 50.8 Å². The number of aromatic nitrogens is 4. The van der Waals surface area contributed by atoms with Crippen LogP contribution < -0.4 is 10.6 Å². The first-order valence-corrected chi connectivity index (χ1v) is 12.1. The molecule has 5 rings (SSSR count). The van der Waals surface area contributed by atoms with Crippen LogP contribution in [0.5, 0.6) is 0 Å². The van der Waals surface area contributed by atoms with Crippen molar-refractivity contribution in [3.05, 3.63) is 52.5 Å². The van der Waals surface area contributed by atoms with Crippen molar-refractivity contribution in [2.75, 3.05) is 5.32 Å². The highest BCUT2D eigenvalue weighted by Crippen LogP contribution is 2.30. The van der Waals surface area contributed by atoms with Crippen LogP contribution in [-0.4, -0.2) is 43.1 Å². The first-order chi connectivity index (χ1) is 16.0. The molecule has 0 unspecified atom stereocenters. The molecule has 0 radical (unpaired) electrons. The number of nitrogens with one attached hydrogen (secondary N) is 2. The van der Waals surface area contributed by atoms with E-state index in [1.54, 1.807) is 11.6 Å². The predicted molar refractivity (Wildman–Crippen MR) is 130 cm³/mol. The Bertz CT molecular complexity index is 1320. The Morgan fingerprint density at radius 2 is 2.03 bits per heavy atom. The van der Waals surface area contributed by atoms with Gasteiger partial charge in [0.1, 0.15) is 22.4 Å². The molecular weight excluding hydrogens is 460 g/mol. The van der Waals surface area contributed by atoms with Crippen molar-refractivity contribution < 1.29 is 9.90 Å². The first-order valence-electron chi connectivity index (χ1n) is 10.9. The van der Waals surface area contributed by atoms with Gasteiger partial charge < -0.3 is 15.7 Å². The molecule has 33 heavy (non-hydrogen) atoms. The molecule has 3 aromatic heterocycles.